The largest absolute Gasteiger partial charge is 0.393 e. The molecule has 0 amide bonds. The van der Waals surface area contributed by atoms with Crippen LogP contribution >= 0.6 is 15.9 Å². The monoisotopic (exact) mass is 480 g/mol. The van der Waals surface area contributed by atoms with Crippen LogP contribution in [-0.2, 0) is 0 Å². The molecule has 172 valence electrons. The van der Waals surface area contributed by atoms with Crippen LogP contribution in [0.5, 0.6) is 0 Å². The molecule has 4 aliphatic carbocycles. The van der Waals surface area contributed by atoms with Crippen molar-refractivity contribution in [2.75, 3.05) is 0 Å². The molecular weight excluding hydrogens is 436 g/mol. The highest BCUT2D eigenvalue weighted by molar-refractivity contribution is 9.09. The lowest BCUT2D eigenvalue weighted by Crippen LogP contribution is -2.48. The summed E-state index contributed by atoms with van der Waals surface area (Å²) in [5, 5.41) is 20.7. The van der Waals surface area contributed by atoms with E-state index in [1.54, 1.807) is 0 Å². The summed E-state index contributed by atoms with van der Waals surface area (Å²) in [7, 11) is 0. The van der Waals surface area contributed by atoms with E-state index in [9.17, 15) is 10.2 Å². The van der Waals surface area contributed by atoms with E-state index in [0.717, 1.165) is 24.7 Å². The molecule has 2 nitrogen and oxygen atoms in total. The highest BCUT2D eigenvalue weighted by Crippen LogP contribution is 2.66. The Hall–Kier alpha value is 0.140. The van der Waals surface area contributed by atoms with Crippen molar-refractivity contribution >= 4 is 15.9 Å². The minimum absolute atomic E-state index is 0.0860. The van der Waals surface area contributed by atoms with Gasteiger partial charge in [0.05, 0.1) is 11.7 Å². The van der Waals surface area contributed by atoms with Crippen LogP contribution in [0.3, 0.4) is 0 Å². The van der Waals surface area contributed by atoms with Gasteiger partial charge in [-0.25, -0.2) is 0 Å². The zero-order valence-electron chi connectivity index (χ0n) is 20.0. The number of hydrogen-bond acceptors (Lipinski definition) is 2. The van der Waals surface area contributed by atoms with Gasteiger partial charge in [-0.15, -0.1) is 0 Å². The standard InChI is InChI=1S/C27H45BrO2/c1-17-20-12-10-19-21-11-9-18(7-6-8-24(28)25(2,3)30)26(21,4)15-13-22(19)27(20,5)16-14-23(17)29/h17-18,20-21,23-24,29-30H,6-16H2,1-5H3. The third-order valence-electron chi connectivity index (χ3n) is 10.5. The van der Waals surface area contributed by atoms with Crippen molar-refractivity contribution in [3.8, 4) is 0 Å². The van der Waals surface area contributed by atoms with Crippen LogP contribution < -0.4 is 0 Å². The van der Waals surface area contributed by atoms with Gasteiger partial charge >= 0.3 is 0 Å². The number of aliphatic hydroxyl groups is 2. The van der Waals surface area contributed by atoms with Crippen LogP contribution in [0.25, 0.3) is 0 Å². The van der Waals surface area contributed by atoms with Gasteiger partial charge in [0, 0.05) is 4.83 Å². The fourth-order valence-corrected chi connectivity index (χ4v) is 8.71. The van der Waals surface area contributed by atoms with Crippen molar-refractivity contribution in [3.63, 3.8) is 0 Å². The maximum absolute atomic E-state index is 10.5. The first kappa shape index (κ1) is 23.3. The zero-order valence-corrected chi connectivity index (χ0v) is 21.6. The molecule has 4 aliphatic rings. The molecule has 0 heterocycles. The minimum Gasteiger partial charge on any atom is -0.393 e. The highest BCUT2D eigenvalue weighted by Gasteiger charge is 2.56. The smallest absolute Gasteiger partial charge is 0.0716 e. The van der Waals surface area contributed by atoms with E-state index >= 15 is 0 Å². The minimum atomic E-state index is -0.633. The molecule has 8 unspecified atom stereocenters. The van der Waals surface area contributed by atoms with E-state index < -0.39 is 5.60 Å². The molecule has 2 N–H and O–H groups in total. The summed E-state index contributed by atoms with van der Waals surface area (Å²) in [6, 6.07) is 0. The lowest BCUT2D eigenvalue weighted by molar-refractivity contribution is -0.0328. The van der Waals surface area contributed by atoms with Gasteiger partial charge in [0.2, 0.25) is 0 Å². The van der Waals surface area contributed by atoms with Gasteiger partial charge in [-0.2, -0.15) is 0 Å². The Morgan fingerprint density at radius 1 is 1.10 bits per heavy atom. The van der Waals surface area contributed by atoms with Gasteiger partial charge in [0.25, 0.3) is 0 Å². The van der Waals surface area contributed by atoms with Crippen LogP contribution in [0.4, 0.5) is 0 Å². The Bertz CT molecular complexity index is 679. The van der Waals surface area contributed by atoms with E-state index in [4.69, 9.17) is 0 Å². The van der Waals surface area contributed by atoms with Gasteiger partial charge in [-0.3, -0.25) is 0 Å². The molecule has 0 aromatic carbocycles. The van der Waals surface area contributed by atoms with E-state index in [-0.39, 0.29) is 10.9 Å². The first-order valence-corrected chi connectivity index (χ1v) is 13.7. The number of allylic oxidation sites excluding steroid dienone is 2. The second-order valence-corrected chi connectivity index (χ2v) is 13.5. The Labute approximate surface area is 193 Å². The number of fused-ring (bicyclic) bond motifs is 4. The van der Waals surface area contributed by atoms with Crippen LogP contribution in [0.2, 0.25) is 0 Å². The Morgan fingerprint density at radius 2 is 1.83 bits per heavy atom. The van der Waals surface area contributed by atoms with Crippen LogP contribution in [-0.4, -0.2) is 26.7 Å². The molecule has 0 spiro atoms. The van der Waals surface area contributed by atoms with Gasteiger partial charge in [0.15, 0.2) is 0 Å². The van der Waals surface area contributed by atoms with Crippen molar-refractivity contribution in [2.24, 2.45) is 34.5 Å². The predicted octanol–water partition coefficient (Wildman–Crippen LogP) is 7.02. The van der Waals surface area contributed by atoms with Crippen molar-refractivity contribution in [2.45, 2.75) is 122 Å². The number of halogens is 1. The van der Waals surface area contributed by atoms with Crippen molar-refractivity contribution in [1.82, 2.24) is 0 Å². The fourth-order valence-electron chi connectivity index (χ4n) is 8.39. The maximum Gasteiger partial charge on any atom is 0.0716 e. The molecule has 0 aromatic rings. The van der Waals surface area contributed by atoms with Gasteiger partial charge in [-0.05, 0) is 113 Å². The van der Waals surface area contributed by atoms with Gasteiger partial charge in [0.1, 0.15) is 0 Å². The normalized spacial score (nSPS) is 45.0. The summed E-state index contributed by atoms with van der Waals surface area (Å²) in [5.74, 6) is 2.78. The summed E-state index contributed by atoms with van der Waals surface area (Å²) >= 11 is 3.71. The van der Waals surface area contributed by atoms with Crippen LogP contribution in [0.1, 0.15) is 105 Å². The SMILES string of the molecule is CC1C(O)CCC2(C)C3=C(CCC12)C1CCC(CCCC(Br)C(C)(C)O)C1(C)CC3. The Morgan fingerprint density at radius 3 is 2.53 bits per heavy atom. The predicted molar refractivity (Wildman–Crippen MR) is 129 cm³/mol. The van der Waals surface area contributed by atoms with Crippen molar-refractivity contribution in [1.29, 1.82) is 0 Å². The second kappa shape index (κ2) is 8.17. The molecule has 0 aliphatic heterocycles. The summed E-state index contributed by atoms with van der Waals surface area (Å²) < 4.78 is 0. The average Bonchev–Trinajstić information content (AvgIpc) is 3.01. The lowest BCUT2D eigenvalue weighted by Gasteiger charge is -2.56. The molecular formula is C27H45BrO2. The highest BCUT2D eigenvalue weighted by atomic mass is 79.9. The average molecular weight is 482 g/mol. The molecule has 2 fully saturated rings. The molecule has 0 radical (unpaired) electrons. The molecule has 8 atom stereocenters. The zero-order chi connectivity index (χ0) is 21.9. The third kappa shape index (κ3) is 3.77. The van der Waals surface area contributed by atoms with Gasteiger partial charge < -0.3 is 10.2 Å². The summed E-state index contributed by atoms with van der Waals surface area (Å²) in [4.78, 5) is 0.189. The van der Waals surface area contributed by atoms with Crippen LogP contribution in [0.15, 0.2) is 11.1 Å². The molecule has 0 aromatic heterocycles. The van der Waals surface area contributed by atoms with E-state index in [1.807, 2.05) is 25.0 Å². The number of rotatable bonds is 5. The molecule has 0 bridgehead atoms. The Kier molecular flexibility index (Phi) is 6.35. The quantitative estimate of drug-likeness (QED) is 0.327. The molecule has 3 heteroatoms. The van der Waals surface area contributed by atoms with Crippen LogP contribution in [0, 0.1) is 34.5 Å². The Balaban J connectivity index is 1.48. The van der Waals surface area contributed by atoms with E-state index in [2.05, 4.69) is 36.7 Å². The second-order valence-electron chi connectivity index (χ2n) is 12.4. The molecule has 2 saturated carbocycles. The van der Waals surface area contributed by atoms with E-state index in [1.165, 1.54) is 57.8 Å². The molecule has 30 heavy (non-hydrogen) atoms. The van der Waals surface area contributed by atoms with Crippen molar-refractivity contribution in [3.05, 3.63) is 11.1 Å². The summed E-state index contributed by atoms with van der Waals surface area (Å²) in [6.45, 7) is 11.3. The maximum atomic E-state index is 10.5. The van der Waals surface area contributed by atoms with Gasteiger partial charge in [-0.1, -0.05) is 54.3 Å². The summed E-state index contributed by atoms with van der Waals surface area (Å²) in [6.07, 6.45) is 13.7. The fraction of sp³-hybridized carbons (Fsp3) is 0.926. The number of hydrogen-bond donors (Lipinski definition) is 2. The number of alkyl halides is 1. The number of aliphatic hydroxyl groups excluding tert-OH is 1. The van der Waals surface area contributed by atoms with E-state index in [0.29, 0.717) is 22.7 Å². The molecule has 4 rings (SSSR count). The lowest BCUT2D eigenvalue weighted by atomic mass is 9.49. The first-order valence-electron chi connectivity index (χ1n) is 12.8. The third-order valence-corrected chi connectivity index (χ3v) is 12.0. The first-order chi connectivity index (χ1) is 14.0. The topological polar surface area (TPSA) is 40.5 Å². The van der Waals surface area contributed by atoms with Crippen molar-refractivity contribution < 1.29 is 10.2 Å². The molecule has 0 saturated heterocycles. The summed E-state index contributed by atoms with van der Waals surface area (Å²) in [5.41, 5.74) is 3.90.